The first-order valence-corrected chi connectivity index (χ1v) is 11.6. The maximum absolute atomic E-state index is 13.0. The first-order valence-electron chi connectivity index (χ1n) is 11.6. The Bertz CT molecular complexity index is 761. The van der Waals surface area contributed by atoms with Crippen molar-refractivity contribution in [1.82, 2.24) is 15.5 Å². The van der Waals surface area contributed by atoms with Gasteiger partial charge in [0.15, 0.2) is 0 Å². The zero-order chi connectivity index (χ0) is 22.1. The normalized spacial score (nSPS) is 22.4. The number of ether oxygens (including phenoxy) is 1. The molecule has 1 aliphatic heterocycles. The van der Waals surface area contributed by atoms with Crippen molar-refractivity contribution >= 4 is 17.7 Å². The van der Waals surface area contributed by atoms with Crippen LogP contribution in [0.15, 0.2) is 24.3 Å². The first kappa shape index (κ1) is 23.1. The SMILES string of the molecule is CN1CCCCCCOc2ccccc2C(=O)N[C@H](C(=O)NC2CCCC2)CCC1=O. The van der Waals surface area contributed by atoms with E-state index in [1.54, 1.807) is 30.1 Å². The van der Waals surface area contributed by atoms with E-state index in [1.807, 2.05) is 6.07 Å². The van der Waals surface area contributed by atoms with Crippen molar-refractivity contribution in [1.29, 1.82) is 0 Å². The smallest absolute Gasteiger partial charge is 0.255 e. The highest BCUT2D eigenvalue weighted by atomic mass is 16.5. The summed E-state index contributed by atoms with van der Waals surface area (Å²) in [6, 6.07) is 6.50. The van der Waals surface area contributed by atoms with E-state index in [4.69, 9.17) is 4.74 Å². The first-order chi connectivity index (χ1) is 15.0. The average molecular weight is 430 g/mol. The molecule has 3 amide bonds. The van der Waals surface area contributed by atoms with E-state index in [2.05, 4.69) is 10.6 Å². The second kappa shape index (κ2) is 11.7. The molecule has 1 aliphatic carbocycles. The fourth-order valence-corrected chi connectivity index (χ4v) is 4.23. The Balaban J connectivity index is 1.76. The molecule has 0 unspecified atom stereocenters. The zero-order valence-corrected chi connectivity index (χ0v) is 18.5. The van der Waals surface area contributed by atoms with E-state index in [9.17, 15) is 14.4 Å². The third-order valence-corrected chi connectivity index (χ3v) is 6.17. The topological polar surface area (TPSA) is 87.7 Å². The molecule has 170 valence electrons. The Hall–Kier alpha value is -2.57. The molecule has 3 rings (SSSR count). The van der Waals surface area contributed by atoms with Crippen LogP contribution in [0, 0.1) is 0 Å². The van der Waals surface area contributed by atoms with Gasteiger partial charge in [-0.05, 0) is 44.2 Å². The van der Waals surface area contributed by atoms with Gasteiger partial charge < -0.3 is 20.3 Å². The molecule has 0 radical (unpaired) electrons. The van der Waals surface area contributed by atoms with E-state index < -0.39 is 6.04 Å². The van der Waals surface area contributed by atoms with Crippen molar-refractivity contribution in [3.8, 4) is 5.75 Å². The van der Waals surface area contributed by atoms with Gasteiger partial charge in [0.05, 0.1) is 12.2 Å². The van der Waals surface area contributed by atoms with Crippen LogP contribution < -0.4 is 15.4 Å². The number of amides is 3. The molecule has 1 fully saturated rings. The summed E-state index contributed by atoms with van der Waals surface area (Å²) >= 11 is 0. The van der Waals surface area contributed by atoms with Gasteiger partial charge in [0.25, 0.3) is 5.91 Å². The molecule has 1 atom stereocenters. The Morgan fingerprint density at radius 3 is 2.58 bits per heavy atom. The Labute approximate surface area is 184 Å². The fourth-order valence-electron chi connectivity index (χ4n) is 4.23. The molecule has 2 N–H and O–H groups in total. The third kappa shape index (κ3) is 6.97. The summed E-state index contributed by atoms with van der Waals surface area (Å²) < 4.78 is 5.87. The van der Waals surface area contributed by atoms with Gasteiger partial charge >= 0.3 is 0 Å². The predicted octanol–water partition coefficient (Wildman–Crippen LogP) is 3.04. The van der Waals surface area contributed by atoms with E-state index in [1.165, 1.54) is 0 Å². The largest absolute Gasteiger partial charge is 0.493 e. The van der Waals surface area contributed by atoms with Gasteiger partial charge in [-0.3, -0.25) is 14.4 Å². The number of nitrogens with zero attached hydrogens (tertiary/aromatic N) is 1. The molecule has 7 nitrogen and oxygen atoms in total. The Morgan fingerprint density at radius 2 is 1.77 bits per heavy atom. The minimum atomic E-state index is -0.758. The lowest BCUT2D eigenvalue weighted by Crippen LogP contribution is -2.49. The second-order valence-corrected chi connectivity index (χ2v) is 8.63. The van der Waals surface area contributed by atoms with E-state index in [-0.39, 0.29) is 36.6 Å². The second-order valence-electron chi connectivity index (χ2n) is 8.63. The summed E-state index contributed by atoms with van der Waals surface area (Å²) in [6.45, 7) is 1.23. The molecule has 1 heterocycles. The van der Waals surface area contributed by atoms with Crippen molar-refractivity contribution in [3.63, 3.8) is 0 Å². The van der Waals surface area contributed by atoms with Gasteiger partial charge in [0, 0.05) is 26.1 Å². The predicted molar refractivity (Wildman–Crippen MR) is 119 cm³/mol. The summed E-state index contributed by atoms with van der Waals surface area (Å²) in [4.78, 5) is 40.3. The van der Waals surface area contributed by atoms with Crippen LogP contribution in [0.5, 0.6) is 5.75 Å². The Kier molecular flexibility index (Phi) is 8.74. The van der Waals surface area contributed by atoms with Gasteiger partial charge in [0.1, 0.15) is 11.8 Å². The molecule has 2 aliphatic rings. The van der Waals surface area contributed by atoms with Crippen LogP contribution in [0.4, 0.5) is 0 Å². The van der Waals surface area contributed by atoms with Crippen molar-refractivity contribution in [3.05, 3.63) is 29.8 Å². The van der Waals surface area contributed by atoms with E-state index in [0.717, 1.165) is 51.4 Å². The highest BCUT2D eigenvalue weighted by molar-refractivity contribution is 5.99. The van der Waals surface area contributed by atoms with Gasteiger partial charge in [-0.25, -0.2) is 0 Å². The van der Waals surface area contributed by atoms with Crippen molar-refractivity contribution in [2.75, 3.05) is 20.2 Å². The van der Waals surface area contributed by atoms with Gasteiger partial charge in [-0.2, -0.15) is 0 Å². The molecule has 7 heteroatoms. The summed E-state index contributed by atoms with van der Waals surface area (Å²) in [6.07, 6.45) is 8.51. The number of benzene rings is 1. The van der Waals surface area contributed by atoms with Crippen LogP contribution in [-0.4, -0.2) is 54.9 Å². The molecule has 1 aromatic rings. The maximum atomic E-state index is 13.0. The number of hydrogen-bond donors (Lipinski definition) is 2. The fraction of sp³-hybridized carbons (Fsp3) is 0.625. The monoisotopic (exact) mass is 429 g/mol. The van der Waals surface area contributed by atoms with Crippen LogP contribution in [0.25, 0.3) is 0 Å². The molecule has 0 saturated heterocycles. The van der Waals surface area contributed by atoms with Crippen LogP contribution >= 0.6 is 0 Å². The lowest BCUT2D eigenvalue weighted by Gasteiger charge is -2.23. The lowest BCUT2D eigenvalue weighted by atomic mass is 10.1. The highest BCUT2D eigenvalue weighted by Gasteiger charge is 2.27. The molecule has 0 bridgehead atoms. The Morgan fingerprint density at radius 1 is 1.03 bits per heavy atom. The molecular formula is C24H35N3O4. The minimum Gasteiger partial charge on any atom is -0.493 e. The maximum Gasteiger partial charge on any atom is 0.255 e. The molecule has 0 aromatic heterocycles. The van der Waals surface area contributed by atoms with Crippen molar-refractivity contribution in [2.45, 2.75) is 76.3 Å². The third-order valence-electron chi connectivity index (χ3n) is 6.17. The van der Waals surface area contributed by atoms with Gasteiger partial charge in [-0.15, -0.1) is 0 Å². The van der Waals surface area contributed by atoms with Crippen LogP contribution in [-0.2, 0) is 9.59 Å². The summed E-state index contributed by atoms with van der Waals surface area (Å²) in [5.74, 6) is -0.0353. The average Bonchev–Trinajstić information content (AvgIpc) is 3.28. The van der Waals surface area contributed by atoms with Gasteiger partial charge in [-0.1, -0.05) is 37.8 Å². The number of rotatable bonds is 2. The minimum absolute atomic E-state index is 0.00347. The molecule has 0 spiro atoms. The van der Waals surface area contributed by atoms with E-state index in [0.29, 0.717) is 24.5 Å². The number of carbonyl (C=O) groups is 3. The zero-order valence-electron chi connectivity index (χ0n) is 18.5. The highest BCUT2D eigenvalue weighted by Crippen LogP contribution is 2.20. The van der Waals surface area contributed by atoms with Crippen LogP contribution in [0.1, 0.15) is 74.6 Å². The summed E-state index contributed by atoms with van der Waals surface area (Å²) in [5, 5.41) is 5.92. The number of hydrogen-bond acceptors (Lipinski definition) is 4. The van der Waals surface area contributed by atoms with Crippen molar-refractivity contribution in [2.24, 2.45) is 0 Å². The molecular weight excluding hydrogens is 394 g/mol. The summed E-state index contributed by atoms with van der Waals surface area (Å²) in [7, 11) is 1.80. The lowest BCUT2D eigenvalue weighted by molar-refractivity contribution is -0.130. The number of para-hydroxylation sites is 1. The molecule has 1 saturated carbocycles. The van der Waals surface area contributed by atoms with E-state index >= 15 is 0 Å². The van der Waals surface area contributed by atoms with Crippen LogP contribution in [0.3, 0.4) is 0 Å². The standard InChI is InChI=1S/C24H35N3O4/c1-27-16-8-2-3-9-17-31-21-13-7-6-12-19(21)23(29)26-20(14-15-22(27)28)24(30)25-18-10-4-5-11-18/h6-7,12-13,18,20H,2-5,8-11,14-17H2,1H3,(H,25,30)(H,26,29)/t20-/m0/s1. The van der Waals surface area contributed by atoms with Crippen LogP contribution in [0.2, 0.25) is 0 Å². The van der Waals surface area contributed by atoms with Gasteiger partial charge in [0.2, 0.25) is 11.8 Å². The molecule has 1 aromatic carbocycles. The van der Waals surface area contributed by atoms with Crippen molar-refractivity contribution < 1.29 is 19.1 Å². The summed E-state index contributed by atoms with van der Waals surface area (Å²) in [5.41, 5.74) is 0.414. The molecule has 31 heavy (non-hydrogen) atoms. The quantitative estimate of drug-likeness (QED) is 0.756. The number of fused-ring (bicyclic) bond motifs is 1. The number of nitrogens with one attached hydrogen (secondary N) is 2. The number of carbonyl (C=O) groups excluding carboxylic acids is 3.